The lowest BCUT2D eigenvalue weighted by atomic mass is 10.2. The predicted molar refractivity (Wildman–Crippen MR) is 93.7 cm³/mol. The molecule has 0 amide bonds. The van der Waals surface area contributed by atoms with Crippen molar-refractivity contribution >= 4 is 40.1 Å². The molecule has 0 aliphatic rings. The van der Waals surface area contributed by atoms with Crippen LogP contribution in [0.4, 0.5) is 22.7 Å². The Kier molecular flexibility index (Phi) is 4.90. The maximum atomic E-state index is 10.6. The third-order valence-electron chi connectivity index (χ3n) is 2.98. The standard InChI is InChI=1S/C15H16N4O2S/c1-18(2)13-7-3-11(4-8-13)16-15(22)17-12-5-9-14(10-6-12)19(20)21/h3-10H,1-2H3,(H2,16,17,22). The molecule has 0 aliphatic heterocycles. The van der Waals surface area contributed by atoms with E-state index >= 15 is 0 Å². The molecule has 2 aromatic rings. The van der Waals surface area contributed by atoms with Gasteiger partial charge < -0.3 is 15.5 Å². The Morgan fingerprint density at radius 1 is 1.00 bits per heavy atom. The van der Waals surface area contributed by atoms with Crippen molar-refractivity contribution in [1.29, 1.82) is 0 Å². The Morgan fingerprint density at radius 2 is 1.45 bits per heavy atom. The number of nitro groups is 1. The van der Waals surface area contributed by atoms with Crippen LogP contribution in [0.2, 0.25) is 0 Å². The van der Waals surface area contributed by atoms with E-state index < -0.39 is 4.92 Å². The van der Waals surface area contributed by atoms with E-state index in [4.69, 9.17) is 12.2 Å². The van der Waals surface area contributed by atoms with Gasteiger partial charge in [-0.1, -0.05) is 0 Å². The molecule has 0 heterocycles. The van der Waals surface area contributed by atoms with Crippen LogP contribution in [0.3, 0.4) is 0 Å². The molecule has 0 bridgehead atoms. The van der Waals surface area contributed by atoms with Crippen LogP contribution in [0.25, 0.3) is 0 Å². The molecule has 114 valence electrons. The second-order valence-electron chi connectivity index (χ2n) is 4.82. The van der Waals surface area contributed by atoms with Crippen molar-refractivity contribution in [1.82, 2.24) is 0 Å². The first-order valence-electron chi connectivity index (χ1n) is 6.55. The molecule has 0 unspecified atom stereocenters. The van der Waals surface area contributed by atoms with Crippen LogP contribution in [-0.4, -0.2) is 24.1 Å². The highest BCUT2D eigenvalue weighted by atomic mass is 32.1. The zero-order valence-corrected chi connectivity index (χ0v) is 13.1. The second-order valence-corrected chi connectivity index (χ2v) is 5.23. The van der Waals surface area contributed by atoms with Crippen molar-refractivity contribution in [3.63, 3.8) is 0 Å². The number of hydrogen-bond acceptors (Lipinski definition) is 4. The SMILES string of the molecule is CN(C)c1ccc(NC(=S)Nc2ccc([N+](=O)[O-])cc2)cc1. The third kappa shape index (κ3) is 4.16. The van der Waals surface area contributed by atoms with E-state index in [1.54, 1.807) is 12.1 Å². The lowest BCUT2D eigenvalue weighted by molar-refractivity contribution is -0.384. The quantitative estimate of drug-likeness (QED) is 0.511. The average Bonchev–Trinajstić information content (AvgIpc) is 2.48. The van der Waals surface area contributed by atoms with Crippen molar-refractivity contribution in [2.75, 3.05) is 29.6 Å². The fourth-order valence-corrected chi connectivity index (χ4v) is 2.04. The molecule has 0 spiro atoms. The first-order valence-corrected chi connectivity index (χ1v) is 6.96. The lowest BCUT2D eigenvalue weighted by Gasteiger charge is -2.14. The third-order valence-corrected chi connectivity index (χ3v) is 3.18. The summed E-state index contributed by atoms with van der Waals surface area (Å²) in [6.45, 7) is 0. The van der Waals surface area contributed by atoms with Crippen LogP contribution < -0.4 is 15.5 Å². The Morgan fingerprint density at radius 3 is 1.86 bits per heavy atom. The number of thiocarbonyl (C=S) groups is 1. The summed E-state index contributed by atoms with van der Waals surface area (Å²) in [6, 6.07) is 13.9. The van der Waals surface area contributed by atoms with E-state index in [1.807, 2.05) is 43.3 Å². The molecule has 6 nitrogen and oxygen atoms in total. The van der Waals surface area contributed by atoms with Gasteiger partial charge in [0.1, 0.15) is 0 Å². The highest BCUT2D eigenvalue weighted by molar-refractivity contribution is 7.80. The van der Waals surface area contributed by atoms with Crippen molar-refractivity contribution in [3.05, 3.63) is 58.6 Å². The van der Waals surface area contributed by atoms with E-state index in [1.165, 1.54) is 12.1 Å². The molecular weight excluding hydrogens is 300 g/mol. The maximum Gasteiger partial charge on any atom is 0.269 e. The Hall–Kier alpha value is -2.67. The molecule has 0 atom stereocenters. The van der Waals surface area contributed by atoms with Gasteiger partial charge in [-0.05, 0) is 48.6 Å². The van der Waals surface area contributed by atoms with E-state index in [0.29, 0.717) is 10.8 Å². The van der Waals surface area contributed by atoms with Crippen LogP contribution in [0.15, 0.2) is 48.5 Å². The van der Waals surface area contributed by atoms with Gasteiger partial charge in [0.05, 0.1) is 4.92 Å². The number of nitrogens with zero attached hydrogens (tertiary/aromatic N) is 2. The largest absolute Gasteiger partial charge is 0.378 e. The van der Waals surface area contributed by atoms with Crippen molar-refractivity contribution in [2.24, 2.45) is 0 Å². The Labute approximate surface area is 133 Å². The van der Waals surface area contributed by atoms with Crippen molar-refractivity contribution in [2.45, 2.75) is 0 Å². The van der Waals surface area contributed by atoms with Gasteiger partial charge in [-0.25, -0.2) is 0 Å². The Balaban J connectivity index is 1.96. The summed E-state index contributed by atoms with van der Waals surface area (Å²) in [5.74, 6) is 0. The predicted octanol–water partition coefficient (Wildman–Crippen LogP) is 3.47. The molecule has 0 aliphatic carbocycles. The zero-order valence-electron chi connectivity index (χ0n) is 12.2. The topological polar surface area (TPSA) is 70.4 Å². The molecule has 2 rings (SSSR count). The lowest BCUT2D eigenvalue weighted by Crippen LogP contribution is -2.19. The van der Waals surface area contributed by atoms with Gasteiger partial charge in [0.15, 0.2) is 5.11 Å². The zero-order chi connectivity index (χ0) is 16.1. The van der Waals surface area contributed by atoms with E-state index in [-0.39, 0.29) is 5.69 Å². The van der Waals surface area contributed by atoms with Gasteiger partial charge in [0, 0.05) is 43.3 Å². The molecule has 0 saturated carbocycles. The number of anilines is 3. The minimum absolute atomic E-state index is 0.0451. The smallest absolute Gasteiger partial charge is 0.269 e. The van der Waals surface area contributed by atoms with Crippen molar-refractivity contribution in [3.8, 4) is 0 Å². The fraction of sp³-hybridized carbons (Fsp3) is 0.133. The van der Waals surface area contributed by atoms with E-state index in [0.717, 1.165) is 11.4 Å². The number of benzene rings is 2. The number of non-ortho nitro benzene ring substituents is 1. The highest BCUT2D eigenvalue weighted by Gasteiger charge is 2.05. The number of rotatable bonds is 4. The monoisotopic (exact) mass is 316 g/mol. The average molecular weight is 316 g/mol. The number of nitro benzene ring substituents is 1. The van der Waals surface area contributed by atoms with Crippen molar-refractivity contribution < 1.29 is 4.92 Å². The maximum absolute atomic E-state index is 10.6. The first kappa shape index (κ1) is 15.7. The minimum Gasteiger partial charge on any atom is -0.378 e. The summed E-state index contributed by atoms with van der Waals surface area (Å²) in [5.41, 5.74) is 2.70. The van der Waals surface area contributed by atoms with Crippen LogP contribution in [0, 0.1) is 10.1 Å². The summed E-state index contributed by atoms with van der Waals surface area (Å²) < 4.78 is 0. The molecule has 0 aromatic heterocycles. The van der Waals surface area contributed by atoms with Crippen LogP contribution in [-0.2, 0) is 0 Å². The van der Waals surface area contributed by atoms with Crippen LogP contribution in [0.5, 0.6) is 0 Å². The molecule has 2 N–H and O–H groups in total. The fourth-order valence-electron chi connectivity index (χ4n) is 1.80. The van der Waals surface area contributed by atoms with Crippen LogP contribution >= 0.6 is 12.2 Å². The van der Waals surface area contributed by atoms with Crippen LogP contribution in [0.1, 0.15) is 0 Å². The molecule has 0 fully saturated rings. The molecule has 0 saturated heterocycles. The Bertz CT molecular complexity index is 669. The van der Waals surface area contributed by atoms with E-state index in [2.05, 4.69) is 10.6 Å². The molecule has 0 radical (unpaired) electrons. The first-order chi connectivity index (χ1) is 10.5. The second kappa shape index (κ2) is 6.86. The summed E-state index contributed by atoms with van der Waals surface area (Å²) >= 11 is 5.22. The van der Waals surface area contributed by atoms with Gasteiger partial charge in [-0.3, -0.25) is 10.1 Å². The number of hydrogen-bond donors (Lipinski definition) is 2. The van der Waals surface area contributed by atoms with Gasteiger partial charge >= 0.3 is 0 Å². The van der Waals surface area contributed by atoms with E-state index in [9.17, 15) is 10.1 Å². The summed E-state index contributed by atoms with van der Waals surface area (Å²) in [6.07, 6.45) is 0. The van der Waals surface area contributed by atoms with Gasteiger partial charge in [-0.15, -0.1) is 0 Å². The van der Waals surface area contributed by atoms with Gasteiger partial charge in [-0.2, -0.15) is 0 Å². The minimum atomic E-state index is -0.438. The summed E-state index contributed by atoms with van der Waals surface area (Å²) in [7, 11) is 3.95. The molecule has 7 heteroatoms. The molecule has 22 heavy (non-hydrogen) atoms. The highest BCUT2D eigenvalue weighted by Crippen LogP contribution is 2.17. The molecular formula is C15H16N4O2S. The number of nitrogens with one attached hydrogen (secondary N) is 2. The van der Waals surface area contributed by atoms with Gasteiger partial charge in [0.2, 0.25) is 0 Å². The molecule has 2 aromatic carbocycles. The normalized spacial score (nSPS) is 9.91. The summed E-state index contributed by atoms with van der Waals surface area (Å²) in [5, 5.41) is 17.1. The van der Waals surface area contributed by atoms with Gasteiger partial charge in [0.25, 0.3) is 5.69 Å². The summed E-state index contributed by atoms with van der Waals surface area (Å²) in [4.78, 5) is 12.2.